The number of nitrogens with two attached hydrogens (primary N) is 1. The number of nitrogens with zero attached hydrogens (tertiary/aromatic N) is 7. The fourth-order valence-corrected chi connectivity index (χ4v) is 9.28. The van der Waals surface area contributed by atoms with Gasteiger partial charge in [0, 0.05) is 5.69 Å². The number of hydrogen-bond acceptors (Lipinski definition) is 23. The molecule has 6 aromatic rings. The minimum absolute atomic E-state index is 0.0220. The Kier molecular flexibility index (Phi) is 13.6. The largest absolute Gasteiger partial charge is 0.505 e. The Labute approximate surface area is 376 Å². The van der Waals surface area contributed by atoms with Crippen LogP contribution in [0.25, 0.3) is 10.8 Å². The van der Waals surface area contributed by atoms with Gasteiger partial charge >= 0.3 is 10.4 Å². The molecule has 33 heteroatoms. The summed E-state index contributed by atoms with van der Waals surface area (Å²) in [5, 5.41) is 41.7. The lowest BCUT2D eigenvalue weighted by atomic mass is 10.1. The van der Waals surface area contributed by atoms with Crippen molar-refractivity contribution in [3.05, 3.63) is 84.1 Å². The normalized spacial score (nSPS) is 12.9. The van der Waals surface area contributed by atoms with Crippen LogP contribution >= 0.6 is 11.6 Å². The van der Waals surface area contributed by atoms with Gasteiger partial charge in [-0.25, -0.2) is 12.6 Å². The molecule has 5 aromatic carbocycles. The van der Waals surface area contributed by atoms with Crippen molar-refractivity contribution in [1.82, 2.24) is 15.0 Å². The molecule has 348 valence electrons. The Balaban J connectivity index is 1.31. The molecule has 0 aliphatic rings. The number of aromatic hydroxyl groups is 2. The van der Waals surface area contributed by atoms with Gasteiger partial charge in [0.05, 0.1) is 39.7 Å². The van der Waals surface area contributed by atoms with Crippen molar-refractivity contribution in [2.45, 2.75) is 19.6 Å². The van der Waals surface area contributed by atoms with Gasteiger partial charge in [-0.2, -0.15) is 53.7 Å². The summed E-state index contributed by atoms with van der Waals surface area (Å²) in [7, 11) is -24.8. The van der Waals surface area contributed by atoms with Crippen molar-refractivity contribution < 1.29 is 74.7 Å². The quantitative estimate of drug-likeness (QED) is 0.0256. The summed E-state index contributed by atoms with van der Waals surface area (Å²) in [5.41, 5.74) is 3.93. The lowest BCUT2D eigenvalue weighted by Gasteiger charge is -2.14. The molecule has 1 heterocycles. The van der Waals surface area contributed by atoms with Crippen molar-refractivity contribution >= 4 is 125 Å². The Morgan fingerprint density at radius 3 is 1.92 bits per heavy atom. The van der Waals surface area contributed by atoms with Crippen LogP contribution in [0.5, 0.6) is 11.5 Å². The summed E-state index contributed by atoms with van der Waals surface area (Å²) in [4.78, 5) is 8.10. The molecule has 0 spiro atoms. The predicted molar refractivity (Wildman–Crippen MR) is 230 cm³/mol. The number of phenols is 2. The first kappa shape index (κ1) is 48.9. The number of azo groups is 2. The highest BCUT2D eigenvalue weighted by atomic mass is 35.5. The molecule has 0 saturated carbocycles. The first-order valence-corrected chi connectivity index (χ1v) is 25.0. The maximum Gasteiger partial charge on any atom is 0.397 e. The maximum absolute atomic E-state index is 12.9. The van der Waals surface area contributed by atoms with Crippen LogP contribution in [-0.4, -0.2) is 97.8 Å². The Bertz CT molecular complexity index is 3600. The molecule has 1 aromatic heterocycles. The minimum Gasteiger partial charge on any atom is -0.505 e. The molecule has 0 aliphatic carbocycles. The average molecular weight is 1030 g/mol. The number of nitrogens with one attached hydrogen (secondary N) is 2. The molecule has 0 saturated heterocycles. The number of nitrogen functional groups attached to an aromatic ring is 1. The molecule has 27 nitrogen and oxygen atoms in total. The molecular formula is C33H27ClN10O17S5. The van der Waals surface area contributed by atoms with Crippen LogP contribution in [0.4, 0.5) is 51.7 Å². The fourth-order valence-electron chi connectivity index (χ4n) is 5.59. The van der Waals surface area contributed by atoms with Crippen LogP contribution in [0.3, 0.4) is 0 Å². The van der Waals surface area contributed by atoms with Crippen LogP contribution in [0.2, 0.25) is 5.28 Å². The van der Waals surface area contributed by atoms with Crippen molar-refractivity contribution in [3.8, 4) is 11.5 Å². The second-order valence-electron chi connectivity index (χ2n) is 12.9. The number of phenolic OH excluding ortho intramolecular Hbond substituents is 2. The number of sulfone groups is 1. The second-order valence-corrected chi connectivity index (χ2v) is 20.6. The van der Waals surface area contributed by atoms with Gasteiger partial charge in [0.25, 0.3) is 30.4 Å². The van der Waals surface area contributed by atoms with Gasteiger partial charge in [-0.05, 0) is 71.6 Å². The van der Waals surface area contributed by atoms with Crippen LogP contribution in [-0.2, 0) is 54.8 Å². The SMILES string of the molecule is Nc1c(/N=N/c2cccc(Nc3nc(Cl)nc(Nc4cc(S(=O)(=O)CCOS(=O)(=O)O)cc(S(=O)(=O)O)c4O)n3)c2)c(S(=O)(=O)O)cc2ccc(/N=N/c3ccccc3S(=O)(=O)O)c(O)c12. The lowest BCUT2D eigenvalue weighted by Crippen LogP contribution is -2.16. The van der Waals surface area contributed by atoms with Gasteiger partial charge < -0.3 is 26.6 Å². The monoisotopic (exact) mass is 1030 g/mol. The van der Waals surface area contributed by atoms with Crippen molar-refractivity contribution in [2.24, 2.45) is 20.5 Å². The van der Waals surface area contributed by atoms with Crippen LogP contribution in [0.1, 0.15) is 0 Å². The number of benzene rings is 5. The van der Waals surface area contributed by atoms with Gasteiger partial charge in [0.1, 0.15) is 31.7 Å². The molecule has 0 fully saturated rings. The van der Waals surface area contributed by atoms with Crippen molar-refractivity contribution in [1.29, 1.82) is 0 Å². The molecule has 0 bridgehead atoms. The highest BCUT2D eigenvalue weighted by Gasteiger charge is 2.27. The van der Waals surface area contributed by atoms with E-state index < -0.39 is 122 Å². The van der Waals surface area contributed by atoms with Crippen LogP contribution in [0.15, 0.2) is 119 Å². The van der Waals surface area contributed by atoms with Gasteiger partial charge in [-0.1, -0.05) is 24.3 Å². The molecule has 6 rings (SSSR count). The third-order valence-electron chi connectivity index (χ3n) is 8.41. The van der Waals surface area contributed by atoms with Gasteiger partial charge in [-0.3, -0.25) is 18.2 Å². The summed E-state index contributed by atoms with van der Waals surface area (Å²) >= 11 is 6.08. The van der Waals surface area contributed by atoms with Crippen molar-refractivity contribution in [2.75, 3.05) is 28.7 Å². The molecule has 10 N–H and O–H groups in total. The summed E-state index contributed by atoms with van der Waals surface area (Å²) in [6, 6.07) is 14.9. The van der Waals surface area contributed by atoms with E-state index in [0.717, 1.165) is 12.1 Å². The number of halogens is 1. The van der Waals surface area contributed by atoms with Crippen LogP contribution < -0.4 is 16.4 Å². The molecular weight excluding hydrogens is 1000 g/mol. The first-order chi connectivity index (χ1) is 30.6. The topological polar surface area (TPSA) is 440 Å². The first-order valence-electron chi connectivity index (χ1n) is 17.3. The third-order valence-corrected chi connectivity index (χ3v) is 13.3. The smallest absolute Gasteiger partial charge is 0.397 e. The molecule has 66 heavy (non-hydrogen) atoms. The summed E-state index contributed by atoms with van der Waals surface area (Å²) in [5.74, 6) is -3.95. The Morgan fingerprint density at radius 1 is 0.636 bits per heavy atom. The summed E-state index contributed by atoms with van der Waals surface area (Å²) in [6.45, 7) is -1.11. The van der Waals surface area contributed by atoms with E-state index in [1.165, 1.54) is 54.6 Å². The zero-order chi connectivity index (χ0) is 48.6. The lowest BCUT2D eigenvalue weighted by molar-refractivity contribution is 0.284. The molecule has 0 atom stereocenters. The summed E-state index contributed by atoms with van der Waals surface area (Å²) < 4.78 is 162. The van der Waals surface area contributed by atoms with E-state index in [-0.39, 0.29) is 39.5 Å². The molecule has 0 radical (unpaired) electrons. The Hall–Kier alpha value is -6.59. The van der Waals surface area contributed by atoms with E-state index in [1.54, 1.807) is 0 Å². The van der Waals surface area contributed by atoms with Gasteiger partial charge in [0.2, 0.25) is 17.2 Å². The highest BCUT2D eigenvalue weighted by molar-refractivity contribution is 7.91. The fraction of sp³-hybridized carbons (Fsp3) is 0.0606. The molecule has 0 amide bonds. The number of aromatic nitrogens is 3. The third kappa shape index (κ3) is 11.6. The molecule has 0 unspecified atom stereocenters. The van der Waals surface area contributed by atoms with E-state index in [2.05, 4.69) is 50.2 Å². The van der Waals surface area contributed by atoms with Crippen molar-refractivity contribution in [3.63, 3.8) is 0 Å². The second kappa shape index (κ2) is 18.4. The number of hydrogen-bond donors (Lipinski definition) is 9. The number of anilines is 5. The number of fused-ring (bicyclic) bond motifs is 1. The van der Waals surface area contributed by atoms with E-state index >= 15 is 0 Å². The summed E-state index contributed by atoms with van der Waals surface area (Å²) in [6.07, 6.45) is 0. The van der Waals surface area contributed by atoms with E-state index in [9.17, 15) is 66.0 Å². The van der Waals surface area contributed by atoms with Gasteiger partial charge in [0.15, 0.2) is 21.3 Å². The molecule has 0 aliphatic heterocycles. The van der Waals surface area contributed by atoms with E-state index in [1.807, 2.05) is 0 Å². The zero-order valence-corrected chi connectivity index (χ0v) is 37.1. The minimum atomic E-state index is -5.32. The van der Waals surface area contributed by atoms with E-state index in [4.69, 9.17) is 21.9 Å². The zero-order valence-electron chi connectivity index (χ0n) is 32.2. The predicted octanol–water partition coefficient (Wildman–Crippen LogP) is 5.32. The maximum atomic E-state index is 12.9. The van der Waals surface area contributed by atoms with Crippen LogP contribution in [0, 0.1) is 0 Å². The average Bonchev–Trinajstić information content (AvgIpc) is 3.19. The standard InChI is InChI=1S/C33H27ClN10O17S5/c34-31-38-32(40-33(39-31)37-22-14-19(15-25(29(22)45)65(55,56)57)62(47,48)11-10-61-66(58,59)60)36-17-4-3-5-18(13-17)41-44-28-24(64(52,53)54)12-16-8-9-21(30(46)26(16)27(28)35)43-42-20-6-1-2-7-23(20)63(49,50)51/h1-9,12-15,45-46H,10-11,35H2,(H,49,50,51)(H,52,53,54)(H,55,56,57)(H,58,59,60)(H2,36,37,38,39,40)/b43-42+,44-41+. The Morgan fingerprint density at radius 2 is 1.27 bits per heavy atom. The number of rotatable bonds is 16. The van der Waals surface area contributed by atoms with Gasteiger partial charge in [-0.15, -0.1) is 15.3 Å². The van der Waals surface area contributed by atoms with E-state index in [0.29, 0.717) is 12.1 Å². The highest BCUT2D eigenvalue weighted by Crippen LogP contribution is 2.46.